The average molecular weight is 659 g/mol. The molecule has 0 saturated heterocycles. The van der Waals surface area contributed by atoms with Gasteiger partial charge in [0.2, 0.25) is 0 Å². The van der Waals surface area contributed by atoms with Crippen LogP contribution in [-0.2, 0) is 24.9 Å². The molecule has 0 aliphatic rings. The Bertz CT molecular complexity index is 1490. The van der Waals surface area contributed by atoms with Crippen molar-refractivity contribution < 1.29 is 30.0 Å². The van der Waals surface area contributed by atoms with E-state index in [0.29, 0.717) is 0 Å². The molecule has 0 fully saturated rings. The summed E-state index contributed by atoms with van der Waals surface area (Å²) in [6, 6.07) is 22.5. The SMILES string of the molecule is CC(=O)/C=C(/C)O.C[Si](C)(C)c1ccc2ccnc(-n3c4[c-]cccc4c4cccnc43)c2c1.[Ir]. The first-order valence-corrected chi connectivity index (χ1v) is 14.7. The van der Waals surface area contributed by atoms with Gasteiger partial charge in [-0.1, -0.05) is 54.6 Å². The molecule has 0 saturated carbocycles. The van der Waals surface area contributed by atoms with Crippen molar-refractivity contribution in [3.05, 3.63) is 84.9 Å². The minimum atomic E-state index is -1.43. The van der Waals surface area contributed by atoms with Gasteiger partial charge in [-0.25, -0.2) is 9.97 Å². The van der Waals surface area contributed by atoms with Crippen molar-refractivity contribution in [2.24, 2.45) is 0 Å². The van der Waals surface area contributed by atoms with Crippen LogP contribution >= 0.6 is 0 Å². The summed E-state index contributed by atoms with van der Waals surface area (Å²) in [6.07, 6.45) is 4.89. The zero-order chi connectivity index (χ0) is 24.5. The summed E-state index contributed by atoms with van der Waals surface area (Å²) in [7, 11) is -1.43. The number of hydrogen-bond acceptors (Lipinski definition) is 4. The molecule has 0 bridgehead atoms. The number of allylic oxidation sites excluding steroid dienone is 2. The van der Waals surface area contributed by atoms with Crippen LogP contribution in [0.1, 0.15) is 13.8 Å². The van der Waals surface area contributed by atoms with Gasteiger partial charge in [-0.2, -0.15) is 24.3 Å². The van der Waals surface area contributed by atoms with Crippen molar-refractivity contribution in [3.8, 4) is 5.82 Å². The molecule has 35 heavy (non-hydrogen) atoms. The number of hydrogen-bond donors (Lipinski definition) is 1. The molecule has 1 radical (unpaired) electrons. The summed E-state index contributed by atoms with van der Waals surface area (Å²) in [6.45, 7) is 9.97. The van der Waals surface area contributed by atoms with Gasteiger partial charge >= 0.3 is 0 Å². The van der Waals surface area contributed by atoms with E-state index in [1.54, 1.807) is 0 Å². The summed E-state index contributed by atoms with van der Waals surface area (Å²) >= 11 is 0. The first-order valence-electron chi connectivity index (χ1n) is 11.2. The Balaban J connectivity index is 0.000000378. The first-order chi connectivity index (χ1) is 16.2. The van der Waals surface area contributed by atoms with Crippen LogP contribution in [0.5, 0.6) is 0 Å². The van der Waals surface area contributed by atoms with Gasteiger partial charge in [0, 0.05) is 44.0 Å². The predicted octanol–water partition coefficient (Wildman–Crippen LogP) is 6.11. The smallest absolute Gasteiger partial charge is 0.155 e. The van der Waals surface area contributed by atoms with Crippen molar-refractivity contribution in [3.63, 3.8) is 0 Å². The molecular weight excluding hydrogens is 631 g/mol. The van der Waals surface area contributed by atoms with Crippen molar-refractivity contribution in [2.75, 3.05) is 0 Å². The maximum Gasteiger partial charge on any atom is 0.155 e. The summed E-state index contributed by atoms with van der Waals surface area (Å²) in [5.41, 5.74) is 1.94. The number of aromatic nitrogens is 3. The fourth-order valence-electron chi connectivity index (χ4n) is 4.02. The Morgan fingerprint density at radius 2 is 1.71 bits per heavy atom. The van der Waals surface area contributed by atoms with Gasteiger partial charge in [0.15, 0.2) is 5.78 Å². The fraction of sp³-hybridized carbons (Fsp3) is 0.179. The van der Waals surface area contributed by atoms with Crippen LogP contribution in [-0.4, -0.2) is 33.5 Å². The molecule has 3 heterocycles. The molecule has 181 valence electrons. The number of pyridine rings is 2. The quantitative estimate of drug-likeness (QED) is 0.110. The van der Waals surface area contributed by atoms with Gasteiger partial charge in [0.25, 0.3) is 0 Å². The normalized spacial score (nSPS) is 11.7. The second-order valence-electron chi connectivity index (χ2n) is 9.36. The van der Waals surface area contributed by atoms with Crippen LogP contribution in [0.4, 0.5) is 0 Å². The molecule has 2 aromatic carbocycles. The van der Waals surface area contributed by atoms with E-state index in [-0.39, 0.29) is 31.6 Å². The number of aliphatic hydroxyl groups is 1. The van der Waals surface area contributed by atoms with Crippen molar-refractivity contribution in [2.45, 2.75) is 33.5 Å². The van der Waals surface area contributed by atoms with Crippen molar-refractivity contribution in [1.29, 1.82) is 0 Å². The van der Waals surface area contributed by atoms with E-state index >= 15 is 0 Å². The number of nitrogens with zero attached hydrogens (tertiary/aromatic N) is 3. The van der Waals surface area contributed by atoms with Crippen LogP contribution < -0.4 is 5.19 Å². The summed E-state index contributed by atoms with van der Waals surface area (Å²) < 4.78 is 2.15. The van der Waals surface area contributed by atoms with Crippen LogP contribution in [0.2, 0.25) is 19.6 Å². The van der Waals surface area contributed by atoms with E-state index in [1.807, 2.05) is 30.6 Å². The molecule has 5 rings (SSSR count). The zero-order valence-electron chi connectivity index (χ0n) is 20.5. The third-order valence-corrected chi connectivity index (χ3v) is 7.62. The Labute approximate surface area is 219 Å². The fourth-order valence-corrected chi connectivity index (χ4v) is 5.18. The molecule has 0 spiro atoms. The third-order valence-electron chi connectivity index (χ3n) is 5.58. The number of para-hydroxylation sites is 1. The largest absolute Gasteiger partial charge is 0.512 e. The Morgan fingerprint density at radius 3 is 2.37 bits per heavy atom. The van der Waals surface area contributed by atoms with E-state index < -0.39 is 8.07 Å². The van der Waals surface area contributed by atoms with Crippen LogP contribution in [0.3, 0.4) is 0 Å². The van der Waals surface area contributed by atoms with Gasteiger partial charge < -0.3 is 9.67 Å². The average Bonchev–Trinajstić information content (AvgIpc) is 3.11. The Morgan fingerprint density at radius 1 is 0.971 bits per heavy atom. The maximum atomic E-state index is 10.0. The molecule has 0 amide bonds. The number of aliphatic hydroxyl groups excluding tert-OH is 1. The molecule has 0 aliphatic heterocycles. The molecule has 1 N–H and O–H groups in total. The van der Waals surface area contributed by atoms with Gasteiger partial charge in [-0.3, -0.25) is 4.79 Å². The van der Waals surface area contributed by atoms with Crippen LogP contribution in [0.25, 0.3) is 38.5 Å². The van der Waals surface area contributed by atoms with Crippen molar-refractivity contribution >= 4 is 51.8 Å². The molecule has 7 heteroatoms. The van der Waals surface area contributed by atoms with E-state index in [4.69, 9.17) is 10.1 Å². The van der Waals surface area contributed by atoms with E-state index in [0.717, 1.165) is 27.8 Å². The standard InChI is InChI=1S/C23H20N3Si.C5H8O2.Ir/c1-27(2,3)17-11-10-16-12-14-25-23(20(16)15-17)26-21-9-5-4-7-18(21)19-8-6-13-24-22(19)26;1-4(6)3-5(2)7;/h4-8,10-15H,1-3H3;3,6H,1-2H3;/q-1;;/b;4-3-;. The molecule has 3 aromatic heterocycles. The topological polar surface area (TPSA) is 68.0 Å². The molecule has 0 atom stereocenters. The molecule has 0 unspecified atom stereocenters. The first kappa shape index (κ1) is 26.5. The van der Waals surface area contributed by atoms with Gasteiger partial charge in [-0.15, -0.1) is 5.39 Å². The zero-order valence-corrected chi connectivity index (χ0v) is 23.9. The van der Waals surface area contributed by atoms with Gasteiger partial charge in [0.1, 0.15) is 11.5 Å². The van der Waals surface area contributed by atoms with Crippen molar-refractivity contribution in [1.82, 2.24) is 14.5 Å². The van der Waals surface area contributed by atoms with E-state index in [2.05, 4.69) is 71.7 Å². The second kappa shape index (κ2) is 10.6. The molecule has 5 nitrogen and oxygen atoms in total. The number of rotatable bonds is 3. The number of ketones is 1. The summed E-state index contributed by atoms with van der Waals surface area (Å²) in [5, 5.41) is 14.4. The third kappa shape index (κ3) is 5.59. The molecular formula is C28H28IrN3O2Si-. The van der Waals surface area contributed by atoms with Crippen LogP contribution in [0, 0.1) is 6.07 Å². The monoisotopic (exact) mass is 659 g/mol. The molecule has 0 aliphatic carbocycles. The summed E-state index contributed by atoms with van der Waals surface area (Å²) in [4.78, 5) is 19.5. The number of benzene rings is 2. The second-order valence-corrected chi connectivity index (χ2v) is 14.4. The van der Waals surface area contributed by atoms with E-state index in [1.165, 1.54) is 35.9 Å². The summed E-state index contributed by atoms with van der Waals surface area (Å²) in [5.74, 6) is 0.862. The van der Waals surface area contributed by atoms with Gasteiger partial charge in [-0.05, 0) is 36.8 Å². The minimum absolute atomic E-state index is 0. The predicted molar refractivity (Wildman–Crippen MR) is 143 cm³/mol. The molecule has 5 aromatic rings. The number of carbonyl (C=O) groups is 1. The maximum absolute atomic E-state index is 10.0. The number of fused-ring (bicyclic) bond motifs is 4. The minimum Gasteiger partial charge on any atom is -0.512 e. The number of carbonyl (C=O) groups excluding carboxylic acids is 1. The van der Waals surface area contributed by atoms with E-state index in [9.17, 15) is 4.79 Å². The van der Waals surface area contributed by atoms with Gasteiger partial charge in [0.05, 0.1) is 13.8 Å². The van der Waals surface area contributed by atoms with Crippen LogP contribution in [0.15, 0.2) is 78.8 Å². The Kier molecular flexibility index (Phi) is 8.06. The Hall–Kier alpha value is -3.12.